The lowest BCUT2D eigenvalue weighted by Crippen LogP contribution is -2.23. The lowest BCUT2D eigenvalue weighted by Gasteiger charge is -2.20. The minimum atomic E-state index is 0.399. The average molecular weight is 338 g/mol. The Balaban J connectivity index is 2.26. The zero-order chi connectivity index (χ0) is 13.8. The van der Waals surface area contributed by atoms with Crippen LogP contribution in [-0.2, 0) is 6.42 Å². The fourth-order valence-corrected chi connectivity index (χ4v) is 3.83. The maximum Gasteiger partial charge on any atom is 0.0371 e. The number of nitrogens with one attached hydrogen (secondary N) is 1. The molecule has 2 rings (SSSR count). The summed E-state index contributed by atoms with van der Waals surface area (Å²) in [7, 11) is 0. The van der Waals surface area contributed by atoms with E-state index in [2.05, 4.69) is 71.7 Å². The molecular formula is C16H20BrNS. The topological polar surface area (TPSA) is 12.0 Å². The lowest BCUT2D eigenvalue weighted by molar-refractivity contribution is 0.550. The van der Waals surface area contributed by atoms with Gasteiger partial charge in [0, 0.05) is 27.2 Å². The zero-order valence-corrected chi connectivity index (χ0v) is 14.1. The molecule has 0 aliphatic rings. The molecule has 1 nitrogen and oxygen atoms in total. The molecule has 0 saturated heterocycles. The first-order valence-corrected chi connectivity index (χ1v) is 8.31. The third-order valence-corrected chi connectivity index (χ3v) is 5.01. The average Bonchev–Trinajstić information content (AvgIpc) is 2.77. The van der Waals surface area contributed by atoms with Crippen LogP contribution in [0.3, 0.4) is 0 Å². The van der Waals surface area contributed by atoms with Crippen LogP contribution in [0.2, 0.25) is 0 Å². The second-order valence-electron chi connectivity index (χ2n) is 4.91. The Kier molecular flexibility index (Phi) is 5.20. The Labute approximate surface area is 128 Å². The maximum absolute atomic E-state index is 3.62. The van der Waals surface area contributed by atoms with Gasteiger partial charge in [0.05, 0.1) is 0 Å². The third kappa shape index (κ3) is 3.91. The minimum Gasteiger partial charge on any atom is -0.310 e. The highest BCUT2D eigenvalue weighted by Gasteiger charge is 2.14. The molecule has 1 atom stereocenters. The number of hydrogen-bond donors (Lipinski definition) is 1. The van der Waals surface area contributed by atoms with Crippen LogP contribution in [0, 0.1) is 13.8 Å². The monoisotopic (exact) mass is 337 g/mol. The predicted octanol–water partition coefficient (Wildman–Crippen LogP) is 5.02. The van der Waals surface area contributed by atoms with E-state index < -0.39 is 0 Å². The van der Waals surface area contributed by atoms with Gasteiger partial charge in [0.15, 0.2) is 0 Å². The molecule has 1 aromatic heterocycles. The number of benzene rings is 1. The minimum absolute atomic E-state index is 0.399. The molecule has 1 aromatic carbocycles. The first kappa shape index (κ1) is 14.8. The summed E-state index contributed by atoms with van der Waals surface area (Å²) in [6.45, 7) is 7.52. The van der Waals surface area contributed by atoms with E-state index in [0.717, 1.165) is 13.0 Å². The van der Waals surface area contributed by atoms with Crippen molar-refractivity contribution in [1.29, 1.82) is 0 Å². The van der Waals surface area contributed by atoms with Crippen molar-refractivity contribution in [2.75, 3.05) is 6.54 Å². The van der Waals surface area contributed by atoms with E-state index in [-0.39, 0.29) is 0 Å². The molecule has 3 heteroatoms. The summed E-state index contributed by atoms with van der Waals surface area (Å²) in [6.07, 6.45) is 1.05. The van der Waals surface area contributed by atoms with Gasteiger partial charge in [0.2, 0.25) is 0 Å². The van der Waals surface area contributed by atoms with E-state index in [1.807, 2.05) is 11.3 Å². The van der Waals surface area contributed by atoms with Crippen LogP contribution >= 0.6 is 27.3 Å². The van der Waals surface area contributed by atoms with Crippen LogP contribution in [0.1, 0.15) is 34.5 Å². The third-order valence-electron chi connectivity index (χ3n) is 3.29. The summed E-state index contributed by atoms with van der Waals surface area (Å²) in [5, 5.41) is 5.77. The first-order chi connectivity index (χ1) is 9.10. The van der Waals surface area contributed by atoms with Crippen molar-refractivity contribution in [3.63, 3.8) is 0 Å². The summed E-state index contributed by atoms with van der Waals surface area (Å²) < 4.78 is 1.18. The molecule has 0 spiro atoms. The highest BCUT2D eigenvalue weighted by Crippen LogP contribution is 2.27. The van der Waals surface area contributed by atoms with Gasteiger partial charge in [-0.3, -0.25) is 0 Å². The normalized spacial score (nSPS) is 12.6. The molecule has 19 heavy (non-hydrogen) atoms. The molecule has 0 fully saturated rings. The molecule has 0 aliphatic heterocycles. The van der Waals surface area contributed by atoms with Crippen molar-refractivity contribution in [2.45, 2.75) is 33.2 Å². The molecule has 1 unspecified atom stereocenters. The largest absolute Gasteiger partial charge is 0.310 e. The number of hydrogen-bond acceptors (Lipinski definition) is 2. The van der Waals surface area contributed by atoms with E-state index >= 15 is 0 Å². The van der Waals surface area contributed by atoms with Gasteiger partial charge >= 0.3 is 0 Å². The highest BCUT2D eigenvalue weighted by atomic mass is 79.9. The molecule has 0 saturated carbocycles. The Hall–Kier alpha value is -0.640. The number of likely N-dealkylation sites (N-methyl/N-ethyl adjacent to an activating group) is 1. The molecule has 1 heterocycles. The van der Waals surface area contributed by atoms with Crippen LogP contribution in [0.4, 0.5) is 0 Å². The van der Waals surface area contributed by atoms with E-state index in [1.54, 1.807) is 0 Å². The Morgan fingerprint density at radius 1 is 1.26 bits per heavy atom. The summed E-state index contributed by atoms with van der Waals surface area (Å²) >= 11 is 5.35. The SMILES string of the molecule is CCNC(Cc1cc(Br)cs1)c1cc(C)ccc1C. The lowest BCUT2D eigenvalue weighted by atomic mass is 9.96. The van der Waals surface area contributed by atoms with Crippen LogP contribution in [0.15, 0.2) is 34.1 Å². The smallest absolute Gasteiger partial charge is 0.0371 e. The summed E-state index contributed by atoms with van der Waals surface area (Å²) in [5.74, 6) is 0. The zero-order valence-electron chi connectivity index (χ0n) is 11.7. The van der Waals surface area contributed by atoms with E-state index in [0.29, 0.717) is 6.04 Å². The van der Waals surface area contributed by atoms with Crippen molar-refractivity contribution in [3.05, 3.63) is 55.7 Å². The predicted molar refractivity (Wildman–Crippen MR) is 88.1 cm³/mol. The van der Waals surface area contributed by atoms with Crippen molar-refractivity contribution >= 4 is 27.3 Å². The van der Waals surface area contributed by atoms with Crippen LogP contribution in [-0.4, -0.2) is 6.54 Å². The Bertz CT molecular complexity index is 547. The Morgan fingerprint density at radius 2 is 2.05 bits per heavy atom. The number of thiophene rings is 1. The van der Waals surface area contributed by atoms with Gasteiger partial charge in [-0.15, -0.1) is 11.3 Å². The molecule has 0 amide bonds. The van der Waals surface area contributed by atoms with Gasteiger partial charge in [0.25, 0.3) is 0 Å². The molecule has 1 N–H and O–H groups in total. The van der Waals surface area contributed by atoms with Crippen LogP contribution in [0.5, 0.6) is 0 Å². The maximum atomic E-state index is 3.62. The summed E-state index contributed by atoms with van der Waals surface area (Å²) in [5.41, 5.74) is 4.12. The second kappa shape index (κ2) is 6.69. The first-order valence-electron chi connectivity index (χ1n) is 6.63. The van der Waals surface area contributed by atoms with Crippen molar-refractivity contribution in [3.8, 4) is 0 Å². The second-order valence-corrected chi connectivity index (χ2v) is 6.82. The molecule has 0 radical (unpaired) electrons. The molecular weight excluding hydrogens is 318 g/mol. The fourth-order valence-electron chi connectivity index (χ4n) is 2.34. The van der Waals surface area contributed by atoms with Crippen LogP contribution in [0.25, 0.3) is 0 Å². The standard InChI is InChI=1S/C16H20BrNS/c1-4-18-16(9-14-8-13(17)10-19-14)15-7-11(2)5-6-12(15)3/h5-8,10,16,18H,4,9H2,1-3H3. The van der Waals surface area contributed by atoms with Gasteiger partial charge in [-0.25, -0.2) is 0 Å². The highest BCUT2D eigenvalue weighted by molar-refractivity contribution is 9.10. The van der Waals surface area contributed by atoms with Crippen molar-refractivity contribution in [1.82, 2.24) is 5.32 Å². The summed E-state index contributed by atoms with van der Waals surface area (Å²) in [4.78, 5) is 1.42. The number of halogens is 1. The van der Waals surface area contributed by atoms with Gasteiger partial charge < -0.3 is 5.32 Å². The molecule has 0 aliphatic carbocycles. The molecule has 102 valence electrons. The fraction of sp³-hybridized carbons (Fsp3) is 0.375. The number of rotatable bonds is 5. The van der Waals surface area contributed by atoms with E-state index in [4.69, 9.17) is 0 Å². The Morgan fingerprint density at radius 3 is 2.68 bits per heavy atom. The van der Waals surface area contributed by atoms with Gasteiger partial charge in [-0.1, -0.05) is 30.7 Å². The van der Waals surface area contributed by atoms with E-state index in [1.165, 1.54) is 26.0 Å². The van der Waals surface area contributed by atoms with Crippen molar-refractivity contribution < 1.29 is 0 Å². The molecule has 0 bridgehead atoms. The van der Waals surface area contributed by atoms with Gasteiger partial charge in [-0.2, -0.15) is 0 Å². The van der Waals surface area contributed by atoms with Gasteiger partial charge in [0.1, 0.15) is 0 Å². The molecule has 2 aromatic rings. The number of aryl methyl sites for hydroxylation is 2. The van der Waals surface area contributed by atoms with Crippen LogP contribution < -0.4 is 5.32 Å². The van der Waals surface area contributed by atoms with Gasteiger partial charge in [-0.05, 0) is 53.5 Å². The quantitative estimate of drug-likeness (QED) is 0.807. The van der Waals surface area contributed by atoms with E-state index in [9.17, 15) is 0 Å². The summed E-state index contributed by atoms with van der Waals surface area (Å²) in [6, 6.07) is 9.34. The van der Waals surface area contributed by atoms with Crippen molar-refractivity contribution in [2.24, 2.45) is 0 Å².